The molecule has 5 heteroatoms. The summed E-state index contributed by atoms with van der Waals surface area (Å²) in [5, 5.41) is 2.56. The molecule has 5 nitrogen and oxygen atoms in total. The van der Waals surface area contributed by atoms with E-state index in [4.69, 9.17) is 5.53 Å². The minimum atomic E-state index is -0.517. The molecule has 0 aromatic rings. The van der Waals surface area contributed by atoms with Crippen LogP contribution in [0, 0.1) is 5.41 Å². The quantitative estimate of drug-likeness (QED) is 0.219. The third-order valence-corrected chi connectivity index (χ3v) is 0.951. The lowest BCUT2D eigenvalue weighted by molar-refractivity contribution is -0.153. The number of nitrogens with one attached hydrogen (secondary N) is 1. The van der Waals surface area contributed by atoms with Crippen molar-refractivity contribution in [2.24, 2.45) is 10.6 Å². The van der Waals surface area contributed by atoms with Crippen molar-refractivity contribution < 1.29 is 9.53 Å². The Hall–Kier alpha value is -1.13. The first kappa shape index (κ1) is 9.87. The van der Waals surface area contributed by atoms with E-state index in [1.54, 1.807) is 20.8 Å². The molecule has 0 bridgehead atoms. The predicted octanol–water partition coefficient (Wildman–Crippen LogP) is 1.06. The average Bonchev–Trinajstić information content (AvgIpc) is 1.86. The fourth-order valence-electron chi connectivity index (χ4n) is 0.343. The summed E-state index contributed by atoms with van der Waals surface area (Å²) >= 11 is 0. The second-order valence-corrected chi connectivity index (χ2v) is 3.08. The molecule has 0 aliphatic carbocycles. The van der Waals surface area contributed by atoms with E-state index in [9.17, 15) is 4.79 Å². The molecular formula is C6H12N3O2-. The number of rotatable bonds is 3. The van der Waals surface area contributed by atoms with Gasteiger partial charge in [0, 0.05) is 0 Å². The number of carbonyl (C=O) groups excluding carboxylic acids is 1. The Bertz CT molecular complexity index is 150. The van der Waals surface area contributed by atoms with Gasteiger partial charge in [0.1, 0.15) is 6.73 Å². The van der Waals surface area contributed by atoms with E-state index >= 15 is 0 Å². The van der Waals surface area contributed by atoms with Crippen LogP contribution < -0.4 is 5.43 Å². The van der Waals surface area contributed by atoms with E-state index in [2.05, 4.69) is 15.4 Å². The lowest BCUT2D eigenvalue weighted by Crippen LogP contribution is -2.26. The van der Waals surface area contributed by atoms with Gasteiger partial charge in [0.25, 0.3) is 0 Å². The molecule has 0 fully saturated rings. The highest BCUT2D eigenvalue weighted by Crippen LogP contribution is 2.14. The lowest BCUT2D eigenvalue weighted by Gasteiger charge is -2.17. The molecule has 0 spiro atoms. The first-order valence-corrected chi connectivity index (χ1v) is 3.22. The van der Waals surface area contributed by atoms with Crippen molar-refractivity contribution in [2.45, 2.75) is 20.8 Å². The summed E-state index contributed by atoms with van der Waals surface area (Å²) in [5.41, 5.74) is 9.48. The zero-order valence-corrected chi connectivity index (χ0v) is 6.92. The second kappa shape index (κ2) is 3.90. The molecule has 0 saturated carbocycles. The van der Waals surface area contributed by atoms with Crippen molar-refractivity contribution >= 4 is 5.97 Å². The maximum Gasteiger partial charge on any atom is 0.311 e. The molecule has 0 aliphatic rings. The van der Waals surface area contributed by atoms with Crippen LogP contribution in [0.25, 0.3) is 5.53 Å². The number of hydrogen-bond donors (Lipinski definition) is 1. The molecule has 0 radical (unpaired) electrons. The van der Waals surface area contributed by atoms with Crippen LogP contribution in [0.2, 0.25) is 0 Å². The van der Waals surface area contributed by atoms with E-state index in [-0.39, 0.29) is 12.7 Å². The van der Waals surface area contributed by atoms with Crippen molar-refractivity contribution in [2.75, 3.05) is 6.73 Å². The van der Waals surface area contributed by atoms with E-state index in [1.165, 1.54) is 0 Å². The van der Waals surface area contributed by atoms with Gasteiger partial charge >= 0.3 is 5.97 Å². The molecule has 0 aromatic heterocycles. The summed E-state index contributed by atoms with van der Waals surface area (Å²) in [4.78, 5) is 11.0. The van der Waals surface area contributed by atoms with Gasteiger partial charge in [-0.05, 0) is 20.8 Å². The molecule has 0 saturated heterocycles. The van der Waals surface area contributed by atoms with Crippen LogP contribution in [-0.2, 0) is 9.53 Å². The Morgan fingerprint density at radius 1 is 1.64 bits per heavy atom. The van der Waals surface area contributed by atoms with Crippen LogP contribution in [-0.4, -0.2) is 12.7 Å². The first-order chi connectivity index (χ1) is 4.98. The smallest absolute Gasteiger partial charge is 0.311 e. The standard InChI is InChI=1S/C6H12N3O2/c1-6(2,3)5(10)11-4-8-9-7/h4H2,1-3H3,(H-,7,8)/q-1. The summed E-state index contributed by atoms with van der Waals surface area (Å²) in [6, 6.07) is 0. The van der Waals surface area contributed by atoms with Gasteiger partial charge in [0.15, 0.2) is 0 Å². The fourth-order valence-corrected chi connectivity index (χ4v) is 0.343. The number of esters is 1. The van der Waals surface area contributed by atoms with E-state index in [0.717, 1.165) is 0 Å². The minimum absolute atomic E-state index is 0.105. The zero-order valence-electron chi connectivity index (χ0n) is 6.92. The van der Waals surface area contributed by atoms with E-state index in [1.807, 2.05) is 0 Å². The molecule has 0 aliphatic heterocycles. The molecule has 1 N–H and O–H groups in total. The highest BCUT2D eigenvalue weighted by Gasteiger charge is 2.21. The molecule has 0 amide bonds. The van der Waals surface area contributed by atoms with Crippen LogP contribution in [0.5, 0.6) is 0 Å². The Morgan fingerprint density at radius 3 is 2.55 bits per heavy atom. The van der Waals surface area contributed by atoms with Gasteiger partial charge in [0.2, 0.25) is 0 Å². The van der Waals surface area contributed by atoms with Crippen LogP contribution in [0.1, 0.15) is 20.8 Å². The summed E-state index contributed by atoms with van der Waals surface area (Å²) in [6.07, 6.45) is 0. The highest BCUT2D eigenvalue weighted by atomic mass is 16.5. The molecule has 64 valence electrons. The predicted molar refractivity (Wildman–Crippen MR) is 39.3 cm³/mol. The summed E-state index contributed by atoms with van der Waals surface area (Å²) in [7, 11) is 0. The topological polar surface area (TPSA) is 73.0 Å². The van der Waals surface area contributed by atoms with Gasteiger partial charge in [-0.15, -0.1) is 0 Å². The lowest BCUT2D eigenvalue weighted by atomic mass is 9.98. The number of carbonyl (C=O) groups is 1. The van der Waals surface area contributed by atoms with Crippen molar-refractivity contribution in [3.63, 3.8) is 0 Å². The monoisotopic (exact) mass is 158 g/mol. The van der Waals surface area contributed by atoms with Crippen LogP contribution >= 0.6 is 0 Å². The Kier molecular flexibility index (Phi) is 3.50. The average molecular weight is 158 g/mol. The molecule has 0 aromatic carbocycles. The van der Waals surface area contributed by atoms with Gasteiger partial charge < -0.3 is 15.7 Å². The van der Waals surface area contributed by atoms with E-state index < -0.39 is 5.41 Å². The van der Waals surface area contributed by atoms with Gasteiger partial charge in [-0.25, -0.2) is 0 Å². The Balaban J connectivity index is 3.62. The zero-order chi connectivity index (χ0) is 8.91. The summed E-state index contributed by atoms with van der Waals surface area (Å²) in [6.45, 7) is 5.12. The van der Waals surface area contributed by atoms with Crippen molar-refractivity contribution in [3.8, 4) is 0 Å². The molecule has 0 rings (SSSR count). The summed E-state index contributed by atoms with van der Waals surface area (Å²) < 4.78 is 4.64. The second-order valence-electron chi connectivity index (χ2n) is 3.08. The van der Waals surface area contributed by atoms with Crippen molar-refractivity contribution in [1.29, 1.82) is 0 Å². The highest BCUT2D eigenvalue weighted by molar-refractivity contribution is 5.75. The first-order valence-electron chi connectivity index (χ1n) is 3.22. The van der Waals surface area contributed by atoms with Gasteiger partial charge in [-0.2, -0.15) is 0 Å². The van der Waals surface area contributed by atoms with Crippen LogP contribution in [0.4, 0.5) is 0 Å². The Morgan fingerprint density at radius 2 is 2.18 bits per heavy atom. The Labute approximate surface area is 65.6 Å². The maximum absolute atomic E-state index is 11.0. The maximum atomic E-state index is 11.0. The minimum Gasteiger partial charge on any atom is -0.465 e. The third-order valence-electron chi connectivity index (χ3n) is 0.951. The van der Waals surface area contributed by atoms with Crippen LogP contribution in [0.3, 0.4) is 0 Å². The van der Waals surface area contributed by atoms with Gasteiger partial charge in [0.05, 0.1) is 5.41 Å². The third kappa shape index (κ3) is 4.30. The summed E-state index contributed by atoms with van der Waals surface area (Å²) in [5.74, 6) is -0.339. The number of hydrogen-bond acceptors (Lipinski definition) is 3. The molecule has 0 atom stereocenters. The SMILES string of the molecule is CC(C)(C)C(=O)OCNN=[N-]. The molecule has 11 heavy (non-hydrogen) atoms. The van der Waals surface area contributed by atoms with Crippen LogP contribution in [0.15, 0.2) is 5.22 Å². The normalized spacial score (nSPS) is 10.5. The van der Waals surface area contributed by atoms with Gasteiger partial charge in [-0.3, -0.25) is 10.0 Å². The van der Waals surface area contributed by atoms with Crippen molar-refractivity contribution in [3.05, 3.63) is 5.53 Å². The van der Waals surface area contributed by atoms with Gasteiger partial charge in [-0.1, -0.05) is 0 Å². The largest absolute Gasteiger partial charge is 0.465 e. The van der Waals surface area contributed by atoms with E-state index in [0.29, 0.717) is 0 Å². The molecule has 0 heterocycles. The molecular weight excluding hydrogens is 146 g/mol. The van der Waals surface area contributed by atoms with Crippen molar-refractivity contribution in [1.82, 2.24) is 5.43 Å². The molecule has 0 unspecified atom stereocenters. The number of ether oxygens (including phenoxy) is 1. The fraction of sp³-hybridized carbons (Fsp3) is 0.833. The number of nitrogens with zero attached hydrogens (tertiary/aromatic N) is 2.